The highest BCUT2D eigenvalue weighted by Crippen LogP contribution is 2.30. The summed E-state index contributed by atoms with van der Waals surface area (Å²) in [5.41, 5.74) is -0.328. The lowest BCUT2D eigenvalue weighted by molar-refractivity contribution is -0.174. The standard InChI is InChI=1S/C21H31BrO4/c1-4-7-8-9-10-15-25-19(23)21(5-2,6-3)20(24)26-16-17-11-13-18(22)14-12-17/h11-14H,4-10,15-16H2,1-3H3. The van der Waals surface area contributed by atoms with Gasteiger partial charge in [0, 0.05) is 4.47 Å². The van der Waals surface area contributed by atoms with Crippen LogP contribution in [0.25, 0.3) is 0 Å². The maximum atomic E-state index is 12.7. The molecular weight excluding hydrogens is 396 g/mol. The Kier molecular flexibility index (Phi) is 10.6. The molecule has 0 radical (unpaired) electrons. The number of hydrogen-bond donors (Lipinski definition) is 0. The third-order valence-corrected chi connectivity index (χ3v) is 5.28. The lowest BCUT2D eigenvalue weighted by Gasteiger charge is -2.27. The predicted molar refractivity (Wildman–Crippen MR) is 107 cm³/mol. The quantitative estimate of drug-likeness (QED) is 0.240. The molecule has 1 rings (SSSR count). The third-order valence-electron chi connectivity index (χ3n) is 4.75. The van der Waals surface area contributed by atoms with E-state index in [0.717, 1.165) is 29.3 Å². The second-order valence-corrected chi connectivity index (χ2v) is 7.46. The van der Waals surface area contributed by atoms with Gasteiger partial charge in [-0.05, 0) is 37.0 Å². The number of ether oxygens (including phenoxy) is 2. The summed E-state index contributed by atoms with van der Waals surface area (Å²) in [7, 11) is 0. The van der Waals surface area contributed by atoms with E-state index in [1.54, 1.807) is 0 Å². The normalized spacial score (nSPS) is 11.2. The average molecular weight is 427 g/mol. The molecule has 0 aliphatic rings. The highest BCUT2D eigenvalue weighted by Gasteiger charge is 2.45. The number of esters is 2. The van der Waals surface area contributed by atoms with Crippen molar-refractivity contribution in [2.45, 2.75) is 72.3 Å². The molecule has 0 fully saturated rings. The van der Waals surface area contributed by atoms with Gasteiger partial charge in [0.15, 0.2) is 5.41 Å². The molecule has 0 heterocycles. The molecule has 0 bridgehead atoms. The van der Waals surface area contributed by atoms with Crippen molar-refractivity contribution in [1.29, 1.82) is 0 Å². The fraction of sp³-hybridized carbons (Fsp3) is 0.619. The van der Waals surface area contributed by atoms with E-state index in [9.17, 15) is 9.59 Å². The molecule has 0 N–H and O–H groups in total. The second-order valence-electron chi connectivity index (χ2n) is 6.54. The van der Waals surface area contributed by atoms with Crippen LogP contribution in [0.3, 0.4) is 0 Å². The van der Waals surface area contributed by atoms with Crippen molar-refractivity contribution in [1.82, 2.24) is 0 Å². The van der Waals surface area contributed by atoms with Crippen LogP contribution in [0, 0.1) is 5.41 Å². The van der Waals surface area contributed by atoms with Crippen molar-refractivity contribution in [2.75, 3.05) is 6.61 Å². The first kappa shape index (κ1) is 22.7. The maximum absolute atomic E-state index is 12.7. The third kappa shape index (κ3) is 6.75. The van der Waals surface area contributed by atoms with E-state index < -0.39 is 17.4 Å². The van der Waals surface area contributed by atoms with Crippen LogP contribution < -0.4 is 0 Å². The zero-order valence-corrected chi connectivity index (χ0v) is 17.8. The van der Waals surface area contributed by atoms with Gasteiger partial charge in [-0.3, -0.25) is 9.59 Å². The summed E-state index contributed by atoms with van der Waals surface area (Å²) >= 11 is 3.37. The smallest absolute Gasteiger partial charge is 0.323 e. The Balaban J connectivity index is 2.57. The maximum Gasteiger partial charge on any atom is 0.323 e. The predicted octanol–water partition coefficient (Wildman–Crippen LogP) is 5.81. The Morgan fingerprint density at radius 2 is 1.46 bits per heavy atom. The molecule has 1 aromatic rings. The van der Waals surface area contributed by atoms with E-state index in [4.69, 9.17) is 9.47 Å². The van der Waals surface area contributed by atoms with Crippen LogP contribution in [-0.4, -0.2) is 18.5 Å². The Bertz CT molecular complexity index is 550. The van der Waals surface area contributed by atoms with E-state index in [1.165, 1.54) is 12.8 Å². The second kappa shape index (κ2) is 12.1. The summed E-state index contributed by atoms with van der Waals surface area (Å²) in [6, 6.07) is 7.54. The highest BCUT2D eigenvalue weighted by atomic mass is 79.9. The first-order chi connectivity index (χ1) is 12.5. The van der Waals surface area contributed by atoms with Gasteiger partial charge in [0.1, 0.15) is 6.61 Å². The average Bonchev–Trinajstić information content (AvgIpc) is 2.65. The van der Waals surface area contributed by atoms with Gasteiger partial charge in [-0.2, -0.15) is 0 Å². The van der Waals surface area contributed by atoms with Crippen molar-refractivity contribution in [3.05, 3.63) is 34.3 Å². The van der Waals surface area contributed by atoms with Crippen molar-refractivity contribution in [3.63, 3.8) is 0 Å². The Morgan fingerprint density at radius 3 is 2.04 bits per heavy atom. The number of halogens is 1. The molecule has 0 atom stereocenters. The number of unbranched alkanes of at least 4 members (excludes halogenated alkanes) is 4. The van der Waals surface area contributed by atoms with Gasteiger partial charge in [-0.1, -0.05) is 74.5 Å². The molecule has 0 aromatic heterocycles. The first-order valence-electron chi connectivity index (χ1n) is 9.59. The zero-order chi connectivity index (χ0) is 19.4. The number of carbonyl (C=O) groups excluding carboxylic acids is 2. The van der Waals surface area contributed by atoms with E-state index in [2.05, 4.69) is 22.9 Å². The van der Waals surface area contributed by atoms with Gasteiger partial charge in [0.2, 0.25) is 0 Å². The summed E-state index contributed by atoms with van der Waals surface area (Å²) in [4.78, 5) is 25.2. The van der Waals surface area contributed by atoms with Crippen LogP contribution in [0.1, 0.15) is 71.3 Å². The molecule has 4 nitrogen and oxygen atoms in total. The van der Waals surface area contributed by atoms with Crippen molar-refractivity contribution < 1.29 is 19.1 Å². The fourth-order valence-electron chi connectivity index (χ4n) is 2.79. The summed E-state index contributed by atoms with van der Waals surface area (Å²) in [5, 5.41) is 0. The van der Waals surface area contributed by atoms with Gasteiger partial charge in [-0.15, -0.1) is 0 Å². The highest BCUT2D eigenvalue weighted by molar-refractivity contribution is 9.10. The van der Waals surface area contributed by atoms with E-state index >= 15 is 0 Å². The molecule has 146 valence electrons. The van der Waals surface area contributed by atoms with E-state index in [0.29, 0.717) is 19.4 Å². The van der Waals surface area contributed by atoms with Crippen LogP contribution in [0.5, 0.6) is 0 Å². The van der Waals surface area contributed by atoms with Gasteiger partial charge < -0.3 is 9.47 Å². The fourth-order valence-corrected chi connectivity index (χ4v) is 3.05. The van der Waals surface area contributed by atoms with Crippen LogP contribution in [0.2, 0.25) is 0 Å². The van der Waals surface area contributed by atoms with Gasteiger partial charge >= 0.3 is 11.9 Å². The topological polar surface area (TPSA) is 52.6 Å². The van der Waals surface area contributed by atoms with Crippen LogP contribution in [0.15, 0.2) is 28.7 Å². The lowest BCUT2D eigenvalue weighted by Crippen LogP contribution is -2.41. The molecule has 0 saturated carbocycles. The summed E-state index contributed by atoms with van der Waals surface area (Å²) in [5.74, 6) is -0.958. The number of benzene rings is 1. The minimum atomic E-state index is -1.21. The Labute approximate surface area is 165 Å². The van der Waals surface area contributed by atoms with Gasteiger partial charge in [0.05, 0.1) is 6.61 Å². The molecule has 5 heteroatoms. The SMILES string of the molecule is CCCCCCCOC(=O)C(CC)(CC)C(=O)OCc1ccc(Br)cc1. The van der Waals surface area contributed by atoms with Crippen molar-refractivity contribution in [2.24, 2.45) is 5.41 Å². The summed E-state index contributed by atoms with van der Waals surface area (Å²) in [6.07, 6.45) is 6.15. The molecule has 0 aliphatic heterocycles. The molecule has 26 heavy (non-hydrogen) atoms. The van der Waals surface area contributed by atoms with Crippen LogP contribution in [0.4, 0.5) is 0 Å². The van der Waals surface area contributed by atoms with Crippen molar-refractivity contribution >= 4 is 27.9 Å². The number of hydrogen-bond acceptors (Lipinski definition) is 4. The summed E-state index contributed by atoms with van der Waals surface area (Å²) in [6.45, 7) is 6.33. The molecular formula is C21H31BrO4. The molecule has 0 aliphatic carbocycles. The Hall–Kier alpha value is -1.36. The number of carbonyl (C=O) groups is 2. The van der Waals surface area contributed by atoms with Crippen LogP contribution >= 0.6 is 15.9 Å². The monoisotopic (exact) mass is 426 g/mol. The van der Waals surface area contributed by atoms with E-state index in [1.807, 2.05) is 38.1 Å². The lowest BCUT2D eigenvalue weighted by atomic mass is 9.82. The molecule has 0 saturated heterocycles. The largest absolute Gasteiger partial charge is 0.465 e. The van der Waals surface area contributed by atoms with Crippen molar-refractivity contribution in [3.8, 4) is 0 Å². The summed E-state index contributed by atoms with van der Waals surface area (Å²) < 4.78 is 11.8. The Morgan fingerprint density at radius 1 is 0.885 bits per heavy atom. The van der Waals surface area contributed by atoms with Gasteiger partial charge in [0.25, 0.3) is 0 Å². The van der Waals surface area contributed by atoms with Crippen LogP contribution in [-0.2, 0) is 25.7 Å². The molecule has 1 aromatic carbocycles. The molecule has 0 spiro atoms. The zero-order valence-electron chi connectivity index (χ0n) is 16.2. The minimum Gasteiger partial charge on any atom is -0.465 e. The number of rotatable bonds is 12. The molecule has 0 unspecified atom stereocenters. The van der Waals surface area contributed by atoms with E-state index in [-0.39, 0.29) is 6.61 Å². The van der Waals surface area contributed by atoms with Gasteiger partial charge in [-0.25, -0.2) is 0 Å². The minimum absolute atomic E-state index is 0.151. The first-order valence-corrected chi connectivity index (χ1v) is 10.4. The molecule has 0 amide bonds.